The van der Waals surface area contributed by atoms with E-state index < -0.39 is 0 Å². The first-order valence-electron chi connectivity index (χ1n) is 9.27. The van der Waals surface area contributed by atoms with E-state index in [-0.39, 0.29) is 18.5 Å². The van der Waals surface area contributed by atoms with Gasteiger partial charge in [-0.25, -0.2) is 4.68 Å². The number of aromatic nitrogens is 7. The molecule has 0 fully saturated rings. The third-order valence-electron chi connectivity index (χ3n) is 4.99. The molecule has 10 heteroatoms. The van der Waals surface area contributed by atoms with Gasteiger partial charge in [-0.15, -0.1) is 15.3 Å². The molecule has 28 heavy (non-hydrogen) atoms. The van der Waals surface area contributed by atoms with Gasteiger partial charge in [0.15, 0.2) is 11.6 Å². The molecular formula is C18H23N9O. The highest BCUT2D eigenvalue weighted by Gasteiger charge is 2.20. The number of aryl methyl sites for hydroxylation is 1. The normalized spacial score (nSPS) is 15.2. The molecule has 0 aliphatic carbocycles. The highest BCUT2D eigenvalue weighted by Crippen LogP contribution is 2.19. The fraction of sp³-hybridized carbons (Fsp3) is 0.444. The fourth-order valence-electron chi connectivity index (χ4n) is 3.52. The van der Waals surface area contributed by atoms with Gasteiger partial charge in [0.2, 0.25) is 5.91 Å². The summed E-state index contributed by atoms with van der Waals surface area (Å²) >= 11 is 0. The molecular weight excluding hydrogens is 358 g/mol. The molecule has 3 heterocycles. The third kappa shape index (κ3) is 3.91. The monoisotopic (exact) mass is 381 g/mol. The Morgan fingerprint density at radius 1 is 1.25 bits per heavy atom. The number of carbonyl (C=O) groups is 1. The number of rotatable bonds is 6. The highest BCUT2D eigenvalue weighted by atomic mass is 16.2. The molecule has 1 amide bonds. The fourth-order valence-corrected chi connectivity index (χ4v) is 3.52. The zero-order valence-corrected chi connectivity index (χ0v) is 16.0. The molecule has 1 N–H and O–H groups in total. The second-order valence-corrected chi connectivity index (χ2v) is 7.07. The summed E-state index contributed by atoms with van der Waals surface area (Å²) in [6.45, 7) is 4.34. The second kappa shape index (κ2) is 7.85. The Morgan fingerprint density at radius 3 is 2.86 bits per heavy atom. The van der Waals surface area contributed by atoms with Gasteiger partial charge in [0.05, 0.1) is 12.6 Å². The Balaban J connectivity index is 1.37. The number of nitrogens with zero attached hydrogens (tertiary/aromatic N) is 8. The van der Waals surface area contributed by atoms with Crippen LogP contribution in [0.1, 0.15) is 35.7 Å². The smallest absolute Gasteiger partial charge is 0.242 e. The summed E-state index contributed by atoms with van der Waals surface area (Å²) in [7, 11) is 1.84. The van der Waals surface area contributed by atoms with Crippen LogP contribution < -0.4 is 5.32 Å². The Morgan fingerprint density at radius 2 is 2.07 bits per heavy atom. The van der Waals surface area contributed by atoms with Gasteiger partial charge in [-0.05, 0) is 34.9 Å². The van der Waals surface area contributed by atoms with Gasteiger partial charge in [0, 0.05) is 20.1 Å². The lowest BCUT2D eigenvalue weighted by atomic mass is 10.00. The summed E-state index contributed by atoms with van der Waals surface area (Å²) in [4.78, 5) is 14.7. The molecule has 0 saturated carbocycles. The molecule has 0 bridgehead atoms. The van der Waals surface area contributed by atoms with Crippen molar-refractivity contribution in [2.24, 2.45) is 7.05 Å². The third-order valence-corrected chi connectivity index (χ3v) is 4.99. The maximum atomic E-state index is 12.4. The molecule has 10 nitrogen and oxygen atoms in total. The molecule has 1 atom stereocenters. The number of hydrogen-bond acceptors (Lipinski definition) is 7. The number of fused-ring (bicyclic) bond motifs is 1. The van der Waals surface area contributed by atoms with Crippen molar-refractivity contribution < 1.29 is 4.79 Å². The first kappa shape index (κ1) is 18.2. The van der Waals surface area contributed by atoms with E-state index in [4.69, 9.17) is 0 Å². The van der Waals surface area contributed by atoms with Crippen molar-refractivity contribution in [3.05, 3.63) is 53.4 Å². The number of hydrogen-bond donors (Lipinski definition) is 1. The molecule has 1 aliphatic heterocycles. The van der Waals surface area contributed by atoms with Crippen molar-refractivity contribution in [1.82, 2.24) is 45.2 Å². The number of benzene rings is 1. The van der Waals surface area contributed by atoms with Crippen LogP contribution in [0.25, 0.3) is 0 Å². The molecule has 3 aromatic rings. The van der Waals surface area contributed by atoms with Crippen LogP contribution in [0.15, 0.2) is 30.6 Å². The van der Waals surface area contributed by atoms with Crippen LogP contribution in [-0.2, 0) is 37.9 Å². The van der Waals surface area contributed by atoms with Gasteiger partial charge in [0.25, 0.3) is 0 Å². The van der Waals surface area contributed by atoms with E-state index >= 15 is 0 Å². The van der Waals surface area contributed by atoms with Crippen molar-refractivity contribution in [1.29, 1.82) is 0 Å². The van der Waals surface area contributed by atoms with E-state index in [1.807, 2.05) is 14.0 Å². The number of tetrazole rings is 1. The predicted octanol–water partition coefficient (Wildman–Crippen LogP) is 0.237. The minimum atomic E-state index is -0.251. The van der Waals surface area contributed by atoms with Crippen LogP contribution in [0.3, 0.4) is 0 Å². The predicted molar refractivity (Wildman–Crippen MR) is 99.6 cm³/mol. The molecule has 0 spiro atoms. The Hall–Kier alpha value is -3.14. The van der Waals surface area contributed by atoms with Crippen molar-refractivity contribution in [3.8, 4) is 0 Å². The SMILES string of the molecule is CC(NC(=O)Cn1nnnc1CN1CCc2ccccc2C1)c1nncn1C. The number of amides is 1. The molecule has 0 radical (unpaired) electrons. The minimum Gasteiger partial charge on any atom is -0.345 e. The lowest BCUT2D eigenvalue weighted by Crippen LogP contribution is -2.34. The highest BCUT2D eigenvalue weighted by molar-refractivity contribution is 5.76. The van der Waals surface area contributed by atoms with Gasteiger partial charge in [-0.1, -0.05) is 24.3 Å². The number of nitrogens with one attached hydrogen (secondary N) is 1. The van der Waals surface area contributed by atoms with Crippen molar-refractivity contribution in [3.63, 3.8) is 0 Å². The van der Waals surface area contributed by atoms with Crippen LogP contribution >= 0.6 is 0 Å². The summed E-state index contributed by atoms with van der Waals surface area (Å²) < 4.78 is 3.33. The van der Waals surface area contributed by atoms with Crippen molar-refractivity contribution in [2.45, 2.75) is 39.0 Å². The Bertz CT molecular complexity index is 963. The van der Waals surface area contributed by atoms with Crippen LogP contribution in [0, 0.1) is 0 Å². The quantitative estimate of drug-likeness (QED) is 0.652. The first-order valence-corrected chi connectivity index (χ1v) is 9.27. The lowest BCUT2D eigenvalue weighted by molar-refractivity contribution is -0.122. The van der Waals surface area contributed by atoms with Gasteiger partial charge in [0.1, 0.15) is 12.9 Å². The Labute approximate surface area is 162 Å². The lowest BCUT2D eigenvalue weighted by Gasteiger charge is -2.28. The summed E-state index contributed by atoms with van der Waals surface area (Å²) in [6.07, 6.45) is 2.61. The van der Waals surface area contributed by atoms with E-state index in [1.165, 1.54) is 11.1 Å². The molecule has 146 valence electrons. The minimum absolute atomic E-state index is 0.0644. The molecule has 2 aromatic heterocycles. The largest absolute Gasteiger partial charge is 0.345 e. The molecule has 0 saturated heterocycles. The first-order chi connectivity index (χ1) is 13.6. The topological polar surface area (TPSA) is 107 Å². The van der Waals surface area contributed by atoms with Crippen LogP contribution in [0.5, 0.6) is 0 Å². The molecule has 1 aliphatic rings. The summed E-state index contributed by atoms with van der Waals surface area (Å²) in [5.74, 6) is 1.20. The van der Waals surface area contributed by atoms with Crippen molar-refractivity contribution in [2.75, 3.05) is 6.54 Å². The van der Waals surface area contributed by atoms with Crippen LogP contribution in [-0.4, -0.2) is 52.3 Å². The summed E-state index contributed by atoms with van der Waals surface area (Å²) in [6, 6.07) is 8.23. The van der Waals surface area contributed by atoms with Gasteiger partial charge < -0.3 is 9.88 Å². The Kier molecular flexibility index (Phi) is 5.11. The summed E-state index contributed by atoms with van der Waals surface area (Å²) in [5, 5.41) is 22.6. The van der Waals surface area contributed by atoms with E-state index in [1.54, 1.807) is 15.6 Å². The van der Waals surface area contributed by atoms with Crippen molar-refractivity contribution >= 4 is 5.91 Å². The average Bonchev–Trinajstić information content (AvgIpc) is 3.30. The molecule has 1 unspecified atom stereocenters. The zero-order chi connectivity index (χ0) is 19.5. The average molecular weight is 381 g/mol. The second-order valence-electron chi connectivity index (χ2n) is 7.07. The number of carbonyl (C=O) groups excluding carboxylic acids is 1. The van der Waals surface area contributed by atoms with Gasteiger partial charge >= 0.3 is 0 Å². The van der Waals surface area contributed by atoms with E-state index in [0.29, 0.717) is 18.2 Å². The van der Waals surface area contributed by atoms with Gasteiger partial charge in [-0.2, -0.15) is 0 Å². The van der Waals surface area contributed by atoms with E-state index in [0.717, 1.165) is 19.5 Å². The maximum Gasteiger partial charge on any atom is 0.242 e. The van der Waals surface area contributed by atoms with Crippen LogP contribution in [0.2, 0.25) is 0 Å². The molecule has 4 rings (SSSR count). The maximum absolute atomic E-state index is 12.4. The van der Waals surface area contributed by atoms with Crippen LogP contribution in [0.4, 0.5) is 0 Å². The van der Waals surface area contributed by atoms with E-state index in [2.05, 4.69) is 60.2 Å². The molecule has 1 aromatic carbocycles. The summed E-state index contributed by atoms with van der Waals surface area (Å²) in [5.41, 5.74) is 2.73. The van der Waals surface area contributed by atoms with E-state index in [9.17, 15) is 4.79 Å². The van der Waals surface area contributed by atoms with Gasteiger partial charge in [-0.3, -0.25) is 9.69 Å². The zero-order valence-electron chi connectivity index (χ0n) is 16.0. The standard InChI is InChI=1S/C18H23N9O/c1-13(18-22-19-12-25(18)2)20-17(28)11-27-16(21-23-24-27)10-26-8-7-14-5-3-4-6-15(14)9-26/h3-6,12-13H,7-11H2,1-2H3,(H,20,28).